The fraction of sp³-hybridized carbons (Fsp3) is 0.100. The van der Waals surface area contributed by atoms with Crippen molar-refractivity contribution < 1.29 is 28.3 Å². The summed E-state index contributed by atoms with van der Waals surface area (Å²) < 4.78 is 26.2. The first-order valence-electron chi connectivity index (χ1n) is 4.48. The van der Waals surface area contributed by atoms with Crippen molar-refractivity contribution in [3.8, 4) is 0 Å². The van der Waals surface area contributed by atoms with Gasteiger partial charge in [-0.2, -0.15) is 0 Å². The number of halogens is 2. The maximum atomic E-state index is 13.3. The summed E-state index contributed by atoms with van der Waals surface area (Å²) in [5.41, 5.74) is -0.574. The zero-order chi connectivity index (χ0) is 12.7. The minimum atomic E-state index is -2.71. The summed E-state index contributed by atoms with van der Waals surface area (Å²) in [4.78, 5) is 33.3. The van der Waals surface area contributed by atoms with Gasteiger partial charge in [-0.05, 0) is 18.2 Å². The monoisotopic (exact) mass is 241 g/mol. The molecule has 1 N–H and O–H groups in total. The Morgan fingerprint density at radius 1 is 1.35 bits per heavy atom. The molecule has 1 aromatic carbocycles. The highest BCUT2D eigenvalue weighted by molar-refractivity contribution is 6.52. The van der Waals surface area contributed by atoms with Gasteiger partial charge in [0.15, 0.2) is 0 Å². The summed E-state index contributed by atoms with van der Waals surface area (Å²) in [6, 6.07) is 2.69. The molecule has 88 valence electrons. The zero-order valence-electron chi connectivity index (χ0n) is 8.18. The predicted octanol–water partition coefficient (Wildman–Crippen LogP) is 0.735. The first-order valence-corrected chi connectivity index (χ1v) is 4.48. The highest BCUT2D eigenvalue weighted by Crippen LogP contribution is 2.31. The highest BCUT2D eigenvalue weighted by Gasteiger charge is 2.43. The van der Waals surface area contributed by atoms with Crippen LogP contribution in [0.2, 0.25) is 0 Å². The largest absolute Gasteiger partial charge is 0.478 e. The van der Waals surface area contributed by atoms with Crippen LogP contribution in [0.15, 0.2) is 18.2 Å². The lowest BCUT2D eigenvalue weighted by Crippen LogP contribution is -2.41. The van der Waals surface area contributed by atoms with Gasteiger partial charge in [0.2, 0.25) is 0 Å². The Bertz CT molecular complexity index is 543. The van der Waals surface area contributed by atoms with Gasteiger partial charge in [0, 0.05) is 0 Å². The molecule has 1 amide bonds. The Hall–Kier alpha value is -2.31. The Kier molecular flexibility index (Phi) is 2.38. The Morgan fingerprint density at radius 2 is 2.00 bits per heavy atom. The molecule has 1 atom stereocenters. The minimum Gasteiger partial charge on any atom is -0.478 e. The van der Waals surface area contributed by atoms with Gasteiger partial charge in [0.25, 0.3) is 12.1 Å². The number of carbonyl (C=O) groups is 3. The van der Waals surface area contributed by atoms with Gasteiger partial charge in [-0.3, -0.25) is 14.5 Å². The van der Waals surface area contributed by atoms with Gasteiger partial charge in [0.05, 0.1) is 11.3 Å². The van der Waals surface area contributed by atoms with Gasteiger partial charge in [-0.1, -0.05) is 0 Å². The van der Waals surface area contributed by atoms with E-state index < -0.39 is 29.8 Å². The number of nitrogens with zero attached hydrogens (tertiary/aromatic N) is 1. The van der Waals surface area contributed by atoms with Crippen molar-refractivity contribution in [1.82, 2.24) is 0 Å². The van der Waals surface area contributed by atoms with Gasteiger partial charge >= 0.3 is 11.9 Å². The van der Waals surface area contributed by atoms with Crippen molar-refractivity contribution in [3.63, 3.8) is 0 Å². The number of fused-ring (bicyclic) bond motifs is 1. The number of carboxylic acids is 1. The maximum Gasteiger partial charge on any atom is 0.360 e. The number of hydrogen-bond donors (Lipinski definition) is 1. The summed E-state index contributed by atoms with van der Waals surface area (Å²) in [5.74, 6) is -5.10. The van der Waals surface area contributed by atoms with Crippen LogP contribution < -0.4 is 4.90 Å². The third kappa shape index (κ3) is 1.55. The Labute approximate surface area is 93.3 Å². The summed E-state index contributed by atoms with van der Waals surface area (Å²) in [7, 11) is 0. The van der Waals surface area contributed by atoms with Crippen molar-refractivity contribution in [2.24, 2.45) is 0 Å². The molecule has 1 heterocycles. The summed E-state index contributed by atoms with van der Waals surface area (Å²) in [5, 5.41) is 8.47. The number of anilines is 1. The molecule has 2 rings (SSSR count). The molecular formula is C10H5F2NO4. The van der Waals surface area contributed by atoms with Crippen LogP contribution in [0.4, 0.5) is 14.5 Å². The molecular weight excluding hydrogens is 236 g/mol. The number of alkyl halides is 1. The number of rotatable bonds is 2. The molecule has 1 aromatic rings. The molecule has 17 heavy (non-hydrogen) atoms. The van der Waals surface area contributed by atoms with Gasteiger partial charge in [-0.25, -0.2) is 13.6 Å². The average Bonchev–Trinajstić information content (AvgIpc) is 2.50. The maximum absolute atomic E-state index is 13.3. The van der Waals surface area contributed by atoms with Crippen molar-refractivity contribution in [3.05, 3.63) is 29.6 Å². The first kappa shape index (κ1) is 11.2. The number of carboxylic acid groups (broad SMARTS) is 1. The third-order valence-electron chi connectivity index (χ3n) is 2.31. The van der Waals surface area contributed by atoms with Gasteiger partial charge in [0.1, 0.15) is 5.82 Å². The van der Waals surface area contributed by atoms with Crippen LogP contribution in [0.1, 0.15) is 10.4 Å². The van der Waals surface area contributed by atoms with Crippen LogP contribution in [0, 0.1) is 5.82 Å². The third-order valence-corrected chi connectivity index (χ3v) is 2.31. The fourth-order valence-corrected chi connectivity index (χ4v) is 1.57. The molecule has 1 unspecified atom stereocenters. The normalized spacial score (nSPS) is 16.0. The molecule has 1 aliphatic heterocycles. The second-order valence-corrected chi connectivity index (χ2v) is 3.34. The second kappa shape index (κ2) is 3.62. The van der Waals surface area contributed by atoms with Gasteiger partial charge < -0.3 is 5.11 Å². The first-order chi connectivity index (χ1) is 7.93. The smallest absolute Gasteiger partial charge is 0.360 e. The number of hydrogen-bond acceptors (Lipinski definition) is 3. The lowest BCUT2D eigenvalue weighted by molar-refractivity contribution is -0.144. The number of ketones is 1. The molecule has 0 radical (unpaired) electrons. The lowest BCUT2D eigenvalue weighted by Gasteiger charge is -2.17. The molecule has 0 spiro atoms. The fourth-order valence-electron chi connectivity index (χ4n) is 1.57. The van der Waals surface area contributed by atoms with Gasteiger partial charge in [-0.15, -0.1) is 0 Å². The van der Waals surface area contributed by atoms with E-state index in [4.69, 9.17) is 5.11 Å². The number of aliphatic carboxylic acids is 1. The molecule has 0 saturated carbocycles. The standard InChI is InChI=1S/C10H5F2NO4/c11-4-1-2-5-6(3-4)13(8(12)10(16)17)9(15)7(5)14/h1-3,8H,(H,16,17). The van der Waals surface area contributed by atoms with Crippen molar-refractivity contribution in [2.75, 3.05) is 4.90 Å². The van der Waals surface area contributed by atoms with E-state index >= 15 is 0 Å². The predicted molar refractivity (Wildman–Crippen MR) is 50.7 cm³/mol. The quantitative estimate of drug-likeness (QED) is 0.612. The van der Waals surface area contributed by atoms with Crippen molar-refractivity contribution >= 4 is 23.3 Å². The molecule has 7 heteroatoms. The van der Waals surface area contributed by atoms with Crippen LogP contribution in [0.5, 0.6) is 0 Å². The number of carbonyl (C=O) groups excluding carboxylic acids is 2. The number of amides is 1. The molecule has 1 aliphatic rings. The van der Waals surface area contributed by atoms with E-state index in [1.165, 1.54) is 0 Å². The number of benzene rings is 1. The van der Waals surface area contributed by atoms with Crippen molar-refractivity contribution in [1.29, 1.82) is 0 Å². The Morgan fingerprint density at radius 3 is 2.59 bits per heavy atom. The van der Waals surface area contributed by atoms with E-state index in [0.29, 0.717) is 0 Å². The van der Waals surface area contributed by atoms with Crippen LogP contribution in [0.25, 0.3) is 0 Å². The minimum absolute atomic E-state index is 0.128. The molecule has 0 aromatic heterocycles. The Balaban J connectivity index is 2.57. The molecule has 0 aliphatic carbocycles. The van der Waals surface area contributed by atoms with E-state index in [-0.39, 0.29) is 16.2 Å². The van der Waals surface area contributed by atoms with Crippen molar-refractivity contribution in [2.45, 2.75) is 6.30 Å². The summed E-state index contributed by atoms with van der Waals surface area (Å²) in [6.07, 6.45) is -2.71. The average molecular weight is 241 g/mol. The van der Waals surface area contributed by atoms with E-state index in [0.717, 1.165) is 18.2 Å². The molecule has 0 bridgehead atoms. The van der Waals surface area contributed by atoms with Crippen LogP contribution in [0.3, 0.4) is 0 Å². The second-order valence-electron chi connectivity index (χ2n) is 3.34. The van der Waals surface area contributed by atoms with E-state index in [1.807, 2.05) is 0 Å². The number of Topliss-reactive ketones (excluding diaryl/α,β-unsaturated/α-hetero) is 1. The SMILES string of the molecule is O=C1C(=O)N(C(F)C(=O)O)c2cc(F)ccc21. The molecule has 0 fully saturated rings. The van der Waals surface area contributed by atoms with Crippen LogP contribution in [-0.4, -0.2) is 29.1 Å². The summed E-state index contributed by atoms with van der Waals surface area (Å²) >= 11 is 0. The van der Waals surface area contributed by atoms with E-state index in [9.17, 15) is 23.2 Å². The zero-order valence-corrected chi connectivity index (χ0v) is 8.18. The lowest BCUT2D eigenvalue weighted by atomic mass is 10.1. The molecule has 5 nitrogen and oxygen atoms in total. The highest BCUT2D eigenvalue weighted by atomic mass is 19.1. The topological polar surface area (TPSA) is 74.7 Å². The van der Waals surface area contributed by atoms with E-state index in [2.05, 4.69) is 0 Å². The summed E-state index contributed by atoms with van der Waals surface area (Å²) in [6.45, 7) is 0. The van der Waals surface area contributed by atoms with Crippen LogP contribution in [-0.2, 0) is 9.59 Å². The molecule has 0 saturated heterocycles. The van der Waals surface area contributed by atoms with Crippen LogP contribution >= 0.6 is 0 Å². The van der Waals surface area contributed by atoms with E-state index in [1.54, 1.807) is 0 Å².